The van der Waals surface area contributed by atoms with E-state index in [0.717, 1.165) is 18.8 Å². The number of methoxy groups -OCH3 is 1. The molecule has 4 heteroatoms. The highest BCUT2D eigenvalue weighted by Crippen LogP contribution is 2.18. The van der Waals surface area contributed by atoms with Crippen LogP contribution in [0.15, 0.2) is 30.5 Å². The fourth-order valence-electron chi connectivity index (χ4n) is 1.59. The third-order valence-electron chi connectivity index (χ3n) is 2.33. The van der Waals surface area contributed by atoms with Gasteiger partial charge in [-0.25, -0.2) is 0 Å². The fraction of sp³-hybridized carbons (Fsp3) is 0.273. The van der Waals surface area contributed by atoms with Crippen LogP contribution in [-0.2, 0) is 11.3 Å². The Hall–Kier alpha value is -1.19. The van der Waals surface area contributed by atoms with Gasteiger partial charge in [-0.05, 0) is 23.6 Å². The number of halogens is 1. The molecule has 3 nitrogen and oxygen atoms in total. The molecule has 0 aliphatic rings. The van der Waals surface area contributed by atoms with Crippen molar-refractivity contribution in [3.63, 3.8) is 0 Å². The van der Waals surface area contributed by atoms with E-state index in [1.54, 1.807) is 7.11 Å². The van der Waals surface area contributed by atoms with Crippen LogP contribution < -0.4 is 5.73 Å². The molecule has 2 aromatic rings. The smallest absolute Gasteiger partial charge is 0.0641 e. The minimum Gasteiger partial charge on any atom is -0.399 e. The van der Waals surface area contributed by atoms with Crippen molar-refractivity contribution in [2.45, 2.75) is 6.54 Å². The monoisotopic (exact) mass is 226 g/mol. The molecule has 1 aromatic heterocycles. The van der Waals surface area contributed by atoms with Gasteiger partial charge in [-0.1, -0.05) is 6.07 Å². The number of fused-ring (bicyclic) bond motifs is 1. The van der Waals surface area contributed by atoms with Gasteiger partial charge in [-0.2, -0.15) is 0 Å². The van der Waals surface area contributed by atoms with Crippen LogP contribution in [0.4, 0.5) is 5.69 Å². The summed E-state index contributed by atoms with van der Waals surface area (Å²) in [5.41, 5.74) is 7.71. The molecule has 1 heterocycles. The minimum absolute atomic E-state index is 0. The van der Waals surface area contributed by atoms with Gasteiger partial charge in [0.25, 0.3) is 0 Å². The number of nitrogens with zero attached hydrogens (tertiary/aromatic N) is 1. The van der Waals surface area contributed by atoms with E-state index in [-0.39, 0.29) is 12.4 Å². The molecular weight excluding hydrogens is 212 g/mol. The predicted octanol–water partition coefficient (Wildman–Crippen LogP) is 2.29. The quantitative estimate of drug-likeness (QED) is 0.816. The van der Waals surface area contributed by atoms with E-state index in [0.29, 0.717) is 0 Å². The highest BCUT2D eigenvalue weighted by molar-refractivity contribution is 5.85. The van der Waals surface area contributed by atoms with Gasteiger partial charge in [0, 0.05) is 25.5 Å². The van der Waals surface area contributed by atoms with Crippen LogP contribution >= 0.6 is 12.4 Å². The van der Waals surface area contributed by atoms with Crippen molar-refractivity contribution in [2.24, 2.45) is 0 Å². The summed E-state index contributed by atoms with van der Waals surface area (Å²) in [4.78, 5) is 0. The van der Waals surface area contributed by atoms with Crippen molar-refractivity contribution in [1.29, 1.82) is 0 Å². The van der Waals surface area contributed by atoms with Crippen molar-refractivity contribution < 1.29 is 4.74 Å². The van der Waals surface area contributed by atoms with Gasteiger partial charge in [-0.3, -0.25) is 0 Å². The zero-order valence-corrected chi connectivity index (χ0v) is 9.46. The molecule has 0 spiro atoms. The van der Waals surface area contributed by atoms with Gasteiger partial charge in [-0.15, -0.1) is 12.4 Å². The van der Waals surface area contributed by atoms with Crippen molar-refractivity contribution in [3.8, 4) is 0 Å². The summed E-state index contributed by atoms with van der Waals surface area (Å²) in [6.45, 7) is 1.59. The average molecular weight is 227 g/mol. The molecule has 2 rings (SSSR count). The maximum absolute atomic E-state index is 5.74. The molecule has 82 valence electrons. The largest absolute Gasteiger partial charge is 0.399 e. The third-order valence-corrected chi connectivity index (χ3v) is 2.33. The zero-order chi connectivity index (χ0) is 9.97. The summed E-state index contributed by atoms with van der Waals surface area (Å²) in [6.07, 6.45) is 2.06. The highest BCUT2D eigenvalue weighted by Gasteiger charge is 2.00. The summed E-state index contributed by atoms with van der Waals surface area (Å²) in [6, 6.07) is 8.03. The number of hydrogen-bond acceptors (Lipinski definition) is 2. The Bertz CT molecular complexity index is 439. The normalized spacial score (nSPS) is 10.2. The summed E-state index contributed by atoms with van der Waals surface area (Å²) in [7, 11) is 1.71. The lowest BCUT2D eigenvalue weighted by Crippen LogP contribution is -2.02. The van der Waals surface area contributed by atoms with E-state index >= 15 is 0 Å². The van der Waals surface area contributed by atoms with E-state index in [1.807, 2.05) is 18.2 Å². The van der Waals surface area contributed by atoms with Crippen LogP contribution in [0.5, 0.6) is 0 Å². The molecule has 2 N–H and O–H groups in total. The zero-order valence-electron chi connectivity index (χ0n) is 8.64. The Morgan fingerprint density at radius 2 is 2.13 bits per heavy atom. The summed E-state index contributed by atoms with van der Waals surface area (Å²) < 4.78 is 7.19. The van der Waals surface area contributed by atoms with Crippen LogP contribution in [0.25, 0.3) is 10.9 Å². The van der Waals surface area contributed by atoms with Gasteiger partial charge in [0.15, 0.2) is 0 Å². The molecule has 15 heavy (non-hydrogen) atoms. The number of aromatic nitrogens is 1. The van der Waals surface area contributed by atoms with Gasteiger partial charge in [0.2, 0.25) is 0 Å². The summed E-state index contributed by atoms with van der Waals surface area (Å²) >= 11 is 0. The van der Waals surface area contributed by atoms with Gasteiger partial charge in [0.1, 0.15) is 0 Å². The lowest BCUT2D eigenvalue weighted by molar-refractivity contribution is 0.188. The number of benzene rings is 1. The predicted molar refractivity (Wildman–Crippen MR) is 65.5 cm³/mol. The van der Waals surface area contributed by atoms with Crippen LogP contribution in [0.2, 0.25) is 0 Å². The van der Waals surface area contributed by atoms with E-state index in [2.05, 4.69) is 16.8 Å². The Labute approximate surface area is 95.2 Å². The van der Waals surface area contributed by atoms with E-state index in [4.69, 9.17) is 10.5 Å². The number of nitrogens with two attached hydrogens (primary N) is 1. The second kappa shape index (κ2) is 5.05. The molecule has 0 aliphatic carbocycles. The number of anilines is 1. The van der Waals surface area contributed by atoms with Gasteiger partial charge in [0.05, 0.1) is 12.1 Å². The Kier molecular flexibility index (Phi) is 4.00. The van der Waals surface area contributed by atoms with E-state index in [9.17, 15) is 0 Å². The van der Waals surface area contributed by atoms with Crippen molar-refractivity contribution in [2.75, 3.05) is 19.5 Å². The molecular formula is C11H15ClN2O. The van der Waals surface area contributed by atoms with Gasteiger partial charge >= 0.3 is 0 Å². The molecule has 0 atom stereocenters. The van der Waals surface area contributed by atoms with Crippen molar-refractivity contribution in [1.82, 2.24) is 4.57 Å². The number of nitrogen functional groups attached to an aromatic ring is 1. The Balaban J connectivity index is 0.00000112. The summed E-state index contributed by atoms with van der Waals surface area (Å²) in [5.74, 6) is 0. The maximum Gasteiger partial charge on any atom is 0.0641 e. The molecule has 1 aromatic carbocycles. The standard InChI is InChI=1S/C11H14N2O.ClH/c1-14-7-6-13-5-4-9-2-3-10(12)8-11(9)13;/h2-5,8H,6-7,12H2,1H3;1H. The molecule has 0 radical (unpaired) electrons. The van der Waals surface area contributed by atoms with Crippen LogP contribution in [0.3, 0.4) is 0 Å². The SMILES string of the molecule is COCCn1ccc2ccc(N)cc21.Cl. The molecule has 0 unspecified atom stereocenters. The van der Waals surface area contributed by atoms with Crippen LogP contribution in [-0.4, -0.2) is 18.3 Å². The first-order valence-electron chi connectivity index (χ1n) is 4.64. The van der Waals surface area contributed by atoms with Gasteiger partial charge < -0.3 is 15.0 Å². The molecule has 0 aliphatic heterocycles. The third kappa shape index (κ3) is 2.43. The Morgan fingerprint density at radius 1 is 1.33 bits per heavy atom. The summed E-state index contributed by atoms with van der Waals surface area (Å²) in [5, 5.41) is 1.22. The average Bonchev–Trinajstić information content (AvgIpc) is 2.57. The lowest BCUT2D eigenvalue weighted by Gasteiger charge is -2.04. The number of ether oxygens (including phenoxy) is 1. The van der Waals surface area contributed by atoms with E-state index < -0.39 is 0 Å². The van der Waals surface area contributed by atoms with Crippen molar-refractivity contribution >= 4 is 29.0 Å². The van der Waals surface area contributed by atoms with Crippen LogP contribution in [0.1, 0.15) is 0 Å². The first kappa shape index (κ1) is 11.9. The maximum atomic E-state index is 5.74. The van der Waals surface area contributed by atoms with Crippen LogP contribution in [0, 0.1) is 0 Å². The Morgan fingerprint density at radius 3 is 2.87 bits per heavy atom. The molecule has 0 amide bonds. The lowest BCUT2D eigenvalue weighted by atomic mass is 10.2. The minimum atomic E-state index is 0. The number of rotatable bonds is 3. The molecule has 0 saturated heterocycles. The van der Waals surface area contributed by atoms with E-state index in [1.165, 1.54) is 10.9 Å². The number of hydrogen-bond donors (Lipinski definition) is 1. The highest BCUT2D eigenvalue weighted by atomic mass is 35.5. The second-order valence-electron chi connectivity index (χ2n) is 3.32. The molecule has 0 saturated carbocycles. The second-order valence-corrected chi connectivity index (χ2v) is 3.32. The van der Waals surface area contributed by atoms with Crippen molar-refractivity contribution in [3.05, 3.63) is 30.5 Å². The first-order chi connectivity index (χ1) is 6.81. The molecule has 0 fully saturated rings. The first-order valence-corrected chi connectivity index (χ1v) is 4.64. The fourth-order valence-corrected chi connectivity index (χ4v) is 1.59. The molecule has 0 bridgehead atoms. The topological polar surface area (TPSA) is 40.2 Å².